The maximum atomic E-state index is 12.4. The van der Waals surface area contributed by atoms with Gasteiger partial charge in [0.05, 0.1) is 11.8 Å². The third kappa shape index (κ3) is 3.54. The van der Waals surface area contributed by atoms with E-state index in [9.17, 15) is 21.6 Å². The maximum Gasteiger partial charge on any atom is 0.416 e. The molecule has 1 N–H and O–H groups in total. The van der Waals surface area contributed by atoms with Gasteiger partial charge < -0.3 is 0 Å². The predicted octanol–water partition coefficient (Wildman–Crippen LogP) is 2.72. The normalized spacial score (nSPS) is 12.4. The van der Waals surface area contributed by atoms with Crippen molar-refractivity contribution >= 4 is 15.7 Å². The van der Waals surface area contributed by atoms with Crippen LogP contribution in [-0.4, -0.2) is 18.2 Å². The molecule has 0 unspecified atom stereocenters. The summed E-state index contributed by atoms with van der Waals surface area (Å²) < 4.78 is 64.9. The van der Waals surface area contributed by atoms with Crippen LogP contribution in [0, 0.1) is 0 Å². The number of rotatable bonds is 4. The number of anilines is 1. The van der Waals surface area contributed by atoms with Crippen LogP contribution in [0.2, 0.25) is 0 Å². The summed E-state index contributed by atoms with van der Waals surface area (Å²) in [5.41, 5.74) is -0.795. The van der Waals surface area contributed by atoms with E-state index in [0.717, 1.165) is 24.3 Å². The second-order valence-corrected chi connectivity index (χ2v) is 5.89. The molecular weight excluding hydrogens is 307 g/mol. The topological polar surface area (TPSA) is 64.0 Å². The van der Waals surface area contributed by atoms with Gasteiger partial charge in [-0.2, -0.15) is 18.3 Å². The van der Waals surface area contributed by atoms with E-state index in [4.69, 9.17) is 0 Å². The molecule has 2 aromatic rings. The first-order chi connectivity index (χ1) is 9.72. The summed E-state index contributed by atoms with van der Waals surface area (Å²) in [6, 6.07) is 3.75. The second-order valence-electron chi connectivity index (χ2n) is 4.21. The Kier molecular flexibility index (Phi) is 3.95. The molecule has 0 aliphatic heterocycles. The molecule has 21 heavy (non-hydrogen) atoms. The Labute approximate surface area is 119 Å². The van der Waals surface area contributed by atoms with Crippen molar-refractivity contribution in [1.29, 1.82) is 0 Å². The van der Waals surface area contributed by atoms with Gasteiger partial charge in [-0.15, -0.1) is 0 Å². The van der Waals surface area contributed by atoms with E-state index in [2.05, 4.69) is 9.82 Å². The van der Waals surface area contributed by atoms with Crippen LogP contribution in [0.15, 0.2) is 41.6 Å². The average Bonchev–Trinajstić information content (AvgIpc) is 2.87. The minimum Gasteiger partial charge on any atom is -0.280 e. The van der Waals surface area contributed by atoms with Gasteiger partial charge in [-0.3, -0.25) is 9.40 Å². The molecule has 0 atom stereocenters. The zero-order valence-corrected chi connectivity index (χ0v) is 11.7. The van der Waals surface area contributed by atoms with Crippen molar-refractivity contribution in [3.8, 4) is 0 Å². The van der Waals surface area contributed by atoms with Crippen molar-refractivity contribution in [2.45, 2.75) is 24.5 Å². The van der Waals surface area contributed by atoms with E-state index in [1.54, 1.807) is 6.92 Å². The quantitative estimate of drug-likeness (QED) is 0.942. The summed E-state index contributed by atoms with van der Waals surface area (Å²) in [7, 11) is -3.87. The molecule has 0 spiro atoms. The number of benzene rings is 1. The highest BCUT2D eigenvalue weighted by Crippen LogP contribution is 2.30. The standard InChI is InChI=1S/C12H12F3N3O2S/c1-2-18-8-11(7-16-18)21(19,20)17-10-5-3-9(4-6-10)12(13,14)15/h3-8,17H,2H2,1H3. The number of alkyl halides is 3. The third-order valence-corrected chi connectivity index (χ3v) is 4.04. The van der Waals surface area contributed by atoms with Crippen molar-refractivity contribution in [1.82, 2.24) is 9.78 Å². The van der Waals surface area contributed by atoms with Crippen molar-refractivity contribution in [2.75, 3.05) is 4.72 Å². The number of nitrogens with zero attached hydrogens (tertiary/aromatic N) is 2. The smallest absolute Gasteiger partial charge is 0.280 e. The SMILES string of the molecule is CCn1cc(S(=O)(=O)Nc2ccc(C(F)(F)F)cc2)cn1. The zero-order valence-electron chi connectivity index (χ0n) is 10.9. The van der Waals surface area contributed by atoms with Crippen LogP contribution < -0.4 is 4.72 Å². The Balaban J connectivity index is 2.21. The van der Waals surface area contributed by atoms with Gasteiger partial charge in [-0.25, -0.2) is 8.42 Å². The Hall–Kier alpha value is -2.03. The number of halogens is 3. The van der Waals surface area contributed by atoms with Crippen LogP contribution in [0.5, 0.6) is 0 Å². The lowest BCUT2D eigenvalue weighted by molar-refractivity contribution is -0.137. The highest BCUT2D eigenvalue weighted by Gasteiger charge is 2.30. The molecule has 114 valence electrons. The van der Waals surface area contributed by atoms with E-state index in [0.29, 0.717) is 6.54 Å². The highest BCUT2D eigenvalue weighted by atomic mass is 32.2. The molecule has 1 aromatic heterocycles. The van der Waals surface area contributed by atoms with Gasteiger partial charge in [0.15, 0.2) is 0 Å². The Bertz CT molecular complexity index is 721. The molecule has 0 aliphatic rings. The summed E-state index contributed by atoms with van der Waals surface area (Å²) in [6.07, 6.45) is -1.94. The van der Waals surface area contributed by atoms with Gasteiger partial charge in [0.2, 0.25) is 0 Å². The molecule has 9 heteroatoms. The molecule has 1 heterocycles. The minimum absolute atomic E-state index is 0.0484. The molecule has 0 aliphatic carbocycles. The van der Waals surface area contributed by atoms with Gasteiger partial charge in [0.25, 0.3) is 10.0 Å². The fraction of sp³-hybridized carbons (Fsp3) is 0.250. The Morgan fingerprint density at radius 1 is 1.24 bits per heavy atom. The molecule has 0 saturated carbocycles. The molecular formula is C12H12F3N3O2S. The summed E-state index contributed by atoms with van der Waals surface area (Å²) in [5.74, 6) is 0. The van der Waals surface area contributed by atoms with E-state index in [-0.39, 0.29) is 10.6 Å². The molecule has 2 rings (SSSR count). The second kappa shape index (κ2) is 5.40. The first-order valence-electron chi connectivity index (χ1n) is 5.95. The van der Waals surface area contributed by atoms with Crippen molar-refractivity contribution in [2.24, 2.45) is 0 Å². The number of aromatic nitrogens is 2. The predicted molar refractivity (Wildman–Crippen MR) is 70.2 cm³/mol. The largest absolute Gasteiger partial charge is 0.416 e. The van der Waals surface area contributed by atoms with Crippen molar-refractivity contribution < 1.29 is 21.6 Å². The lowest BCUT2D eigenvalue weighted by Gasteiger charge is -2.09. The average molecular weight is 319 g/mol. The summed E-state index contributed by atoms with van der Waals surface area (Å²) in [4.78, 5) is -0.0516. The highest BCUT2D eigenvalue weighted by molar-refractivity contribution is 7.92. The zero-order chi connectivity index (χ0) is 15.7. The fourth-order valence-corrected chi connectivity index (χ4v) is 2.61. The van der Waals surface area contributed by atoms with Crippen molar-refractivity contribution in [3.63, 3.8) is 0 Å². The van der Waals surface area contributed by atoms with Gasteiger partial charge in [0.1, 0.15) is 4.90 Å². The number of hydrogen-bond acceptors (Lipinski definition) is 3. The van der Waals surface area contributed by atoms with Crippen LogP contribution in [0.4, 0.5) is 18.9 Å². The van der Waals surface area contributed by atoms with Gasteiger partial charge in [0, 0.05) is 18.4 Å². The molecule has 1 aromatic carbocycles. The summed E-state index contributed by atoms with van der Waals surface area (Å²) in [6.45, 7) is 2.31. The minimum atomic E-state index is -4.46. The van der Waals surface area contributed by atoms with Crippen LogP contribution in [0.3, 0.4) is 0 Å². The van der Waals surface area contributed by atoms with Crippen LogP contribution in [-0.2, 0) is 22.7 Å². The molecule has 0 radical (unpaired) electrons. The third-order valence-electron chi connectivity index (χ3n) is 2.71. The number of aryl methyl sites for hydroxylation is 1. The van der Waals surface area contributed by atoms with Crippen LogP contribution >= 0.6 is 0 Å². The first kappa shape index (κ1) is 15.4. The summed E-state index contributed by atoms with van der Waals surface area (Å²) in [5, 5.41) is 3.84. The van der Waals surface area contributed by atoms with E-state index in [1.165, 1.54) is 17.1 Å². The molecule has 0 bridgehead atoms. The molecule has 5 nitrogen and oxygen atoms in total. The maximum absolute atomic E-state index is 12.4. The Morgan fingerprint density at radius 3 is 2.33 bits per heavy atom. The summed E-state index contributed by atoms with van der Waals surface area (Å²) >= 11 is 0. The van der Waals surface area contributed by atoms with E-state index >= 15 is 0 Å². The monoisotopic (exact) mass is 319 g/mol. The van der Waals surface area contributed by atoms with Crippen molar-refractivity contribution in [3.05, 3.63) is 42.2 Å². The first-order valence-corrected chi connectivity index (χ1v) is 7.43. The number of nitrogens with one attached hydrogen (secondary N) is 1. The van der Waals surface area contributed by atoms with E-state index < -0.39 is 21.8 Å². The lowest BCUT2D eigenvalue weighted by Crippen LogP contribution is -2.13. The molecule has 0 amide bonds. The lowest BCUT2D eigenvalue weighted by atomic mass is 10.2. The van der Waals surface area contributed by atoms with Gasteiger partial charge in [-0.05, 0) is 31.2 Å². The molecule has 0 saturated heterocycles. The Morgan fingerprint density at radius 2 is 1.86 bits per heavy atom. The number of sulfonamides is 1. The van der Waals surface area contributed by atoms with Crippen LogP contribution in [0.1, 0.15) is 12.5 Å². The molecule has 0 fully saturated rings. The van der Waals surface area contributed by atoms with Crippen LogP contribution in [0.25, 0.3) is 0 Å². The van der Waals surface area contributed by atoms with Gasteiger partial charge >= 0.3 is 6.18 Å². The van der Waals surface area contributed by atoms with E-state index in [1.807, 2.05) is 0 Å². The van der Waals surface area contributed by atoms with Gasteiger partial charge in [-0.1, -0.05) is 0 Å². The fourth-order valence-electron chi connectivity index (χ4n) is 1.60. The number of hydrogen-bond donors (Lipinski definition) is 1.